The highest BCUT2D eigenvalue weighted by molar-refractivity contribution is 5.84. The maximum Gasteiger partial charge on any atom is 0.125 e. The minimum Gasteiger partial charge on any atom is -0.256 e. The Bertz CT molecular complexity index is 1300. The maximum atomic E-state index is 7.68. The van der Waals surface area contributed by atoms with Gasteiger partial charge < -0.3 is 0 Å². The Morgan fingerprint density at radius 2 is 1.69 bits per heavy atom. The summed E-state index contributed by atoms with van der Waals surface area (Å²) in [6.45, 7) is -0.682. The van der Waals surface area contributed by atoms with Gasteiger partial charge in [0.25, 0.3) is 0 Å². The van der Waals surface area contributed by atoms with Crippen LogP contribution in [0.5, 0.6) is 0 Å². The van der Waals surface area contributed by atoms with Gasteiger partial charge in [-0.1, -0.05) is 23.8 Å². The van der Waals surface area contributed by atoms with Crippen LogP contribution in [-0.4, -0.2) is 15.0 Å². The molecule has 0 amide bonds. The van der Waals surface area contributed by atoms with Crippen LogP contribution in [0.25, 0.3) is 33.3 Å². The van der Waals surface area contributed by atoms with E-state index in [0.717, 1.165) is 38.9 Å². The fourth-order valence-electron chi connectivity index (χ4n) is 3.36. The van der Waals surface area contributed by atoms with Crippen LogP contribution < -0.4 is 0 Å². The van der Waals surface area contributed by atoms with E-state index in [1.807, 2.05) is 38.1 Å². The summed E-state index contributed by atoms with van der Waals surface area (Å²) in [5.74, 6) is -0.177. The quantitative estimate of drug-likeness (QED) is 0.475. The maximum absolute atomic E-state index is 7.68. The summed E-state index contributed by atoms with van der Waals surface area (Å²) in [6.07, 6.45) is 3.23. The van der Waals surface area contributed by atoms with Crippen molar-refractivity contribution in [1.29, 1.82) is 0 Å². The van der Waals surface area contributed by atoms with Gasteiger partial charge in [-0.3, -0.25) is 4.98 Å². The molecule has 128 valence electrons. The van der Waals surface area contributed by atoms with Gasteiger partial charge in [0.15, 0.2) is 0 Å². The van der Waals surface area contributed by atoms with Crippen molar-refractivity contribution in [3.63, 3.8) is 0 Å². The second-order valence-corrected chi connectivity index (χ2v) is 6.38. The number of aromatic nitrogens is 3. The number of fused-ring (bicyclic) bond motifs is 1. The first kappa shape index (κ1) is 10.8. The third-order valence-corrected chi connectivity index (χ3v) is 4.46. The topological polar surface area (TPSA) is 38.7 Å². The third-order valence-electron chi connectivity index (χ3n) is 4.46. The molecule has 0 N–H and O–H groups in total. The van der Waals surface area contributed by atoms with E-state index in [0.29, 0.717) is 11.1 Å². The van der Waals surface area contributed by atoms with E-state index >= 15 is 0 Å². The number of rotatable bonds is 2. The molecule has 0 saturated carbocycles. The molecule has 0 unspecified atom stereocenters. The van der Waals surface area contributed by atoms with Crippen LogP contribution in [0.2, 0.25) is 0 Å². The lowest BCUT2D eigenvalue weighted by atomic mass is 9.93. The Kier molecular flexibility index (Phi) is 2.64. The molecule has 2 heterocycles. The summed E-state index contributed by atoms with van der Waals surface area (Å²) in [6, 6.07) is 12.8. The molecule has 0 atom stereocenters. The SMILES string of the molecule is [2H]C([2H])([2H])c1cc(C)c(-c2ccnc(-c3ccc4nc(C([2H])([2H])[2H])ncc4c3)c2)c(C)c1. The second-order valence-electron chi connectivity index (χ2n) is 6.38. The number of hydrogen-bond acceptors (Lipinski definition) is 3. The molecule has 2 aromatic heterocycles. The van der Waals surface area contributed by atoms with E-state index in [4.69, 9.17) is 8.22 Å². The summed E-state index contributed by atoms with van der Waals surface area (Å²) in [4.78, 5) is 12.6. The predicted octanol–water partition coefficient (Wildman–Crippen LogP) is 5.59. The molecule has 0 spiro atoms. The van der Waals surface area contributed by atoms with E-state index in [1.54, 1.807) is 24.4 Å². The van der Waals surface area contributed by atoms with Crippen molar-refractivity contribution < 1.29 is 8.22 Å². The molecule has 2 aromatic carbocycles. The predicted molar refractivity (Wildman–Crippen MR) is 107 cm³/mol. The first-order valence-corrected chi connectivity index (χ1v) is 8.29. The Hall–Kier alpha value is -3.07. The lowest BCUT2D eigenvalue weighted by Crippen LogP contribution is -1.92. The highest BCUT2D eigenvalue weighted by Crippen LogP contribution is 2.31. The van der Waals surface area contributed by atoms with E-state index < -0.39 is 13.7 Å². The molecule has 4 aromatic rings. The van der Waals surface area contributed by atoms with Gasteiger partial charge >= 0.3 is 0 Å². The molecule has 0 saturated heterocycles. The Morgan fingerprint density at radius 1 is 0.846 bits per heavy atom. The van der Waals surface area contributed by atoms with Crippen LogP contribution in [0.1, 0.15) is 30.7 Å². The van der Waals surface area contributed by atoms with E-state index in [2.05, 4.69) is 15.0 Å². The van der Waals surface area contributed by atoms with Crippen molar-refractivity contribution >= 4 is 10.9 Å². The number of benzene rings is 2. The summed E-state index contributed by atoms with van der Waals surface area (Å²) in [5.41, 5.74) is 6.16. The van der Waals surface area contributed by atoms with Gasteiger partial charge in [-0.2, -0.15) is 0 Å². The molecule has 3 nitrogen and oxygen atoms in total. The lowest BCUT2D eigenvalue weighted by Gasteiger charge is -2.13. The highest BCUT2D eigenvalue weighted by Gasteiger charge is 2.09. The van der Waals surface area contributed by atoms with Gasteiger partial charge in [-0.05, 0) is 74.1 Å². The van der Waals surface area contributed by atoms with Crippen LogP contribution in [0.3, 0.4) is 0 Å². The van der Waals surface area contributed by atoms with Gasteiger partial charge in [0.1, 0.15) is 5.82 Å². The average molecular weight is 345 g/mol. The van der Waals surface area contributed by atoms with Gasteiger partial charge in [0, 0.05) is 31.6 Å². The van der Waals surface area contributed by atoms with Crippen molar-refractivity contribution in [3.05, 3.63) is 77.4 Å². The number of nitrogens with zero attached hydrogens (tertiary/aromatic N) is 3. The Morgan fingerprint density at radius 3 is 2.46 bits per heavy atom. The van der Waals surface area contributed by atoms with E-state index in [9.17, 15) is 0 Å². The molecule has 0 aliphatic carbocycles. The van der Waals surface area contributed by atoms with Crippen molar-refractivity contribution in [3.8, 4) is 22.4 Å². The van der Waals surface area contributed by atoms with Crippen LogP contribution in [0.4, 0.5) is 0 Å². The molecular formula is C23H21N3. The molecule has 3 heteroatoms. The summed E-state index contributed by atoms with van der Waals surface area (Å²) in [7, 11) is 0. The standard InChI is InChI=1S/C23H21N3/c1-14-9-15(2)23(16(3)10-14)19-7-8-24-22(12-19)18-5-6-21-20(11-18)13-25-17(4)26-21/h5-13H,1-4H3/i1D3,4D3. The molecule has 0 aliphatic rings. The average Bonchev–Trinajstić information content (AvgIpc) is 2.71. The molecule has 0 aliphatic heterocycles. The Labute approximate surface area is 162 Å². The minimum absolute atomic E-state index is 0.177. The summed E-state index contributed by atoms with van der Waals surface area (Å²) in [5, 5.41) is 0.720. The van der Waals surface area contributed by atoms with Crippen molar-refractivity contribution in [2.24, 2.45) is 0 Å². The van der Waals surface area contributed by atoms with Crippen LogP contribution >= 0.6 is 0 Å². The number of pyridine rings is 1. The number of aryl methyl sites for hydroxylation is 4. The Balaban J connectivity index is 1.76. The van der Waals surface area contributed by atoms with Crippen molar-refractivity contribution in [2.45, 2.75) is 27.6 Å². The minimum atomic E-state index is -2.35. The second kappa shape index (κ2) is 6.34. The first-order valence-electron chi connectivity index (χ1n) is 11.3. The van der Waals surface area contributed by atoms with Gasteiger partial charge in [0.05, 0.1) is 11.2 Å². The highest BCUT2D eigenvalue weighted by atomic mass is 14.9. The zero-order valence-corrected chi connectivity index (χ0v) is 14.5. The molecule has 4 rings (SSSR count). The van der Waals surface area contributed by atoms with Crippen molar-refractivity contribution in [2.75, 3.05) is 0 Å². The summed E-state index contributed by atoms with van der Waals surface area (Å²) < 4.78 is 45.5. The molecular weight excluding hydrogens is 318 g/mol. The normalized spacial score (nSPS) is 15.5. The van der Waals surface area contributed by atoms with E-state index in [-0.39, 0.29) is 5.82 Å². The van der Waals surface area contributed by atoms with Crippen LogP contribution in [-0.2, 0) is 0 Å². The van der Waals surface area contributed by atoms with Crippen LogP contribution in [0, 0.1) is 27.6 Å². The third kappa shape index (κ3) is 2.97. The number of hydrogen-bond donors (Lipinski definition) is 0. The molecule has 26 heavy (non-hydrogen) atoms. The molecule has 0 bridgehead atoms. The summed E-state index contributed by atoms with van der Waals surface area (Å²) >= 11 is 0. The zero-order valence-electron chi connectivity index (χ0n) is 20.5. The smallest absolute Gasteiger partial charge is 0.125 e. The van der Waals surface area contributed by atoms with E-state index in [1.165, 1.54) is 6.20 Å². The lowest BCUT2D eigenvalue weighted by molar-refractivity contribution is 1.09. The van der Waals surface area contributed by atoms with Crippen molar-refractivity contribution in [1.82, 2.24) is 15.0 Å². The fraction of sp³-hybridized carbons (Fsp3) is 0.174. The first-order chi connectivity index (χ1) is 14.9. The zero-order chi connectivity index (χ0) is 23.3. The molecule has 0 fully saturated rings. The largest absolute Gasteiger partial charge is 0.256 e. The molecule has 0 radical (unpaired) electrons. The van der Waals surface area contributed by atoms with Gasteiger partial charge in [-0.15, -0.1) is 0 Å². The fourth-order valence-corrected chi connectivity index (χ4v) is 3.36. The monoisotopic (exact) mass is 345 g/mol. The van der Waals surface area contributed by atoms with Gasteiger partial charge in [-0.25, -0.2) is 9.97 Å². The van der Waals surface area contributed by atoms with Crippen LogP contribution in [0.15, 0.2) is 54.9 Å². The van der Waals surface area contributed by atoms with Gasteiger partial charge in [0.2, 0.25) is 0 Å².